The second-order valence-corrected chi connectivity index (χ2v) is 7.45. The van der Waals surface area contributed by atoms with Crippen LogP contribution in [0.2, 0.25) is 0 Å². The van der Waals surface area contributed by atoms with E-state index in [1.807, 2.05) is 24.3 Å². The Morgan fingerprint density at radius 2 is 2.25 bits per heavy atom. The lowest BCUT2D eigenvalue weighted by Crippen LogP contribution is -2.42. The maximum atomic E-state index is 12.6. The lowest BCUT2D eigenvalue weighted by Gasteiger charge is -2.24. The molecule has 24 heavy (non-hydrogen) atoms. The van der Waals surface area contributed by atoms with Crippen LogP contribution in [0, 0.1) is 11.3 Å². The third kappa shape index (κ3) is 4.09. The fraction of sp³-hybridized carbons (Fsp3) is 0.778. The van der Waals surface area contributed by atoms with Crippen molar-refractivity contribution in [2.24, 2.45) is 18.4 Å². The predicted molar refractivity (Wildman–Crippen MR) is 92.5 cm³/mol. The zero-order valence-corrected chi connectivity index (χ0v) is 15.0. The van der Waals surface area contributed by atoms with Crippen LogP contribution in [-0.2, 0) is 18.3 Å². The summed E-state index contributed by atoms with van der Waals surface area (Å²) in [5.41, 5.74) is 1.60. The van der Waals surface area contributed by atoms with Crippen LogP contribution in [0.15, 0.2) is 12.4 Å². The minimum Gasteiger partial charge on any atom is -0.383 e. The number of nitrogens with zero attached hydrogens (tertiary/aromatic N) is 3. The number of ether oxygens (including phenoxy) is 1. The van der Waals surface area contributed by atoms with Gasteiger partial charge in [0.2, 0.25) is 0 Å². The van der Waals surface area contributed by atoms with Gasteiger partial charge in [0.05, 0.1) is 19.3 Å². The molecule has 1 N–H and O–H groups in total. The number of hydrogen-bond acceptors (Lipinski definition) is 3. The Labute approximate surface area is 144 Å². The SMILES string of the molecule is COCCN(Cc1cnn(C)c1)C(=O)NC[C@@H]1CC12CCCCC2. The Morgan fingerprint density at radius 1 is 1.46 bits per heavy atom. The van der Waals surface area contributed by atoms with E-state index in [0.29, 0.717) is 31.0 Å². The van der Waals surface area contributed by atoms with Crippen molar-refractivity contribution in [1.29, 1.82) is 0 Å². The molecule has 1 spiro atoms. The normalized spacial score (nSPS) is 21.7. The molecule has 2 aliphatic rings. The van der Waals surface area contributed by atoms with E-state index in [1.54, 1.807) is 11.8 Å². The molecule has 6 nitrogen and oxygen atoms in total. The fourth-order valence-electron chi connectivity index (χ4n) is 4.14. The van der Waals surface area contributed by atoms with E-state index in [9.17, 15) is 4.79 Å². The summed E-state index contributed by atoms with van der Waals surface area (Å²) in [7, 11) is 3.55. The summed E-state index contributed by atoms with van der Waals surface area (Å²) in [4.78, 5) is 14.4. The van der Waals surface area contributed by atoms with E-state index in [4.69, 9.17) is 4.74 Å². The Morgan fingerprint density at radius 3 is 2.92 bits per heavy atom. The van der Waals surface area contributed by atoms with Gasteiger partial charge in [-0.1, -0.05) is 19.3 Å². The topological polar surface area (TPSA) is 59.4 Å². The van der Waals surface area contributed by atoms with Gasteiger partial charge in [0.25, 0.3) is 0 Å². The number of carbonyl (C=O) groups excluding carboxylic acids is 1. The van der Waals surface area contributed by atoms with Crippen molar-refractivity contribution < 1.29 is 9.53 Å². The van der Waals surface area contributed by atoms with Crippen molar-refractivity contribution in [2.45, 2.75) is 45.1 Å². The van der Waals surface area contributed by atoms with Crippen LogP contribution < -0.4 is 5.32 Å². The average molecular weight is 334 g/mol. The first-order valence-corrected chi connectivity index (χ1v) is 9.12. The van der Waals surface area contributed by atoms with Gasteiger partial charge in [-0.05, 0) is 30.6 Å². The Bertz CT molecular complexity index is 551. The van der Waals surface area contributed by atoms with E-state index < -0.39 is 0 Å². The van der Waals surface area contributed by atoms with Crippen molar-refractivity contribution in [2.75, 3.05) is 26.8 Å². The molecule has 2 aliphatic carbocycles. The van der Waals surface area contributed by atoms with Crippen LogP contribution in [0.25, 0.3) is 0 Å². The molecular formula is C18H30N4O2. The maximum Gasteiger partial charge on any atom is 0.317 e. The van der Waals surface area contributed by atoms with Crippen LogP contribution in [-0.4, -0.2) is 47.5 Å². The summed E-state index contributed by atoms with van der Waals surface area (Å²) in [6.07, 6.45) is 11.9. The first kappa shape index (κ1) is 17.3. The van der Waals surface area contributed by atoms with Gasteiger partial charge in [0.15, 0.2) is 0 Å². The summed E-state index contributed by atoms with van der Waals surface area (Å²) in [6.45, 7) is 2.52. The van der Waals surface area contributed by atoms with E-state index >= 15 is 0 Å². The molecule has 1 aromatic heterocycles. The third-order valence-corrected chi connectivity index (χ3v) is 5.69. The Kier molecular flexibility index (Phi) is 5.43. The molecule has 0 saturated heterocycles. The lowest BCUT2D eigenvalue weighted by atomic mass is 9.84. The largest absolute Gasteiger partial charge is 0.383 e. The molecule has 1 atom stereocenters. The highest BCUT2D eigenvalue weighted by atomic mass is 16.5. The second-order valence-electron chi connectivity index (χ2n) is 7.45. The molecule has 3 rings (SSSR count). The molecule has 0 unspecified atom stereocenters. The monoisotopic (exact) mass is 334 g/mol. The summed E-state index contributed by atoms with van der Waals surface area (Å²) in [5, 5.41) is 7.33. The minimum atomic E-state index is 0.00811. The zero-order valence-electron chi connectivity index (χ0n) is 15.0. The molecule has 6 heteroatoms. The van der Waals surface area contributed by atoms with Gasteiger partial charge < -0.3 is 15.0 Å². The maximum absolute atomic E-state index is 12.6. The number of hydrogen-bond donors (Lipinski definition) is 1. The van der Waals surface area contributed by atoms with Gasteiger partial charge in [-0.25, -0.2) is 4.79 Å². The molecule has 0 aliphatic heterocycles. The average Bonchev–Trinajstić information content (AvgIpc) is 3.07. The van der Waals surface area contributed by atoms with Gasteiger partial charge in [0, 0.05) is 39.0 Å². The van der Waals surface area contributed by atoms with E-state index in [1.165, 1.54) is 38.5 Å². The van der Waals surface area contributed by atoms with Crippen molar-refractivity contribution in [3.63, 3.8) is 0 Å². The molecule has 2 fully saturated rings. The van der Waals surface area contributed by atoms with E-state index in [2.05, 4.69) is 10.4 Å². The van der Waals surface area contributed by atoms with Crippen molar-refractivity contribution >= 4 is 6.03 Å². The quantitative estimate of drug-likeness (QED) is 0.834. The third-order valence-electron chi connectivity index (χ3n) is 5.69. The van der Waals surface area contributed by atoms with Crippen LogP contribution in [0.1, 0.15) is 44.1 Å². The van der Waals surface area contributed by atoms with Gasteiger partial charge in [0.1, 0.15) is 0 Å². The molecule has 2 saturated carbocycles. The number of urea groups is 1. The second kappa shape index (κ2) is 7.55. The molecule has 1 heterocycles. The van der Waals surface area contributed by atoms with Crippen LogP contribution in [0.4, 0.5) is 4.79 Å². The standard InChI is InChI=1S/C18H30N4O2/c1-21-13-15(11-20-21)14-22(8-9-24-2)17(23)19-12-16-10-18(16)6-4-3-5-7-18/h11,13,16H,3-10,12,14H2,1-2H3,(H,19,23)/t16-/m0/s1. The lowest BCUT2D eigenvalue weighted by molar-refractivity contribution is 0.146. The van der Waals surface area contributed by atoms with Crippen molar-refractivity contribution in [1.82, 2.24) is 20.0 Å². The molecule has 0 aromatic carbocycles. The van der Waals surface area contributed by atoms with Gasteiger partial charge in [-0.15, -0.1) is 0 Å². The van der Waals surface area contributed by atoms with E-state index in [-0.39, 0.29) is 6.03 Å². The number of amides is 2. The fourth-order valence-corrected chi connectivity index (χ4v) is 4.14. The number of rotatable bonds is 7. The Balaban J connectivity index is 1.49. The summed E-state index contributed by atoms with van der Waals surface area (Å²) < 4.78 is 6.91. The summed E-state index contributed by atoms with van der Waals surface area (Å²) in [5.74, 6) is 0.685. The first-order valence-electron chi connectivity index (χ1n) is 9.12. The Hall–Kier alpha value is -1.56. The molecule has 134 valence electrons. The van der Waals surface area contributed by atoms with Gasteiger partial charge in [-0.2, -0.15) is 5.10 Å². The molecule has 0 bridgehead atoms. The van der Waals surface area contributed by atoms with Crippen LogP contribution in [0.3, 0.4) is 0 Å². The van der Waals surface area contributed by atoms with Crippen molar-refractivity contribution in [3.8, 4) is 0 Å². The van der Waals surface area contributed by atoms with Crippen molar-refractivity contribution in [3.05, 3.63) is 18.0 Å². The zero-order chi connectivity index (χ0) is 17.0. The number of nitrogens with one attached hydrogen (secondary N) is 1. The van der Waals surface area contributed by atoms with Crippen LogP contribution in [0.5, 0.6) is 0 Å². The number of aromatic nitrogens is 2. The summed E-state index contributed by atoms with van der Waals surface area (Å²) in [6, 6.07) is 0.00811. The highest BCUT2D eigenvalue weighted by Gasteiger charge is 2.53. The minimum absolute atomic E-state index is 0.00811. The molecular weight excluding hydrogens is 304 g/mol. The molecule has 2 amide bonds. The van der Waals surface area contributed by atoms with E-state index in [0.717, 1.165) is 12.1 Å². The van der Waals surface area contributed by atoms with Gasteiger partial charge >= 0.3 is 6.03 Å². The highest BCUT2D eigenvalue weighted by molar-refractivity contribution is 5.74. The predicted octanol–water partition coefficient (Wildman–Crippen LogP) is 2.55. The number of carbonyl (C=O) groups is 1. The molecule has 1 aromatic rings. The summed E-state index contributed by atoms with van der Waals surface area (Å²) >= 11 is 0. The first-order chi connectivity index (χ1) is 11.6. The molecule has 0 radical (unpaired) electrons. The highest BCUT2D eigenvalue weighted by Crippen LogP contribution is 2.60. The van der Waals surface area contributed by atoms with Crippen LogP contribution >= 0.6 is 0 Å². The number of methoxy groups -OCH3 is 1. The smallest absolute Gasteiger partial charge is 0.317 e. The number of aryl methyl sites for hydroxylation is 1. The van der Waals surface area contributed by atoms with Gasteiger partial charge in [-0.3, -0.25) is 4.68 Å².